The van der Waals surface area contributed by atoms with Crippen molar-refractivity contribution in [2.24, 2.45) is 0 Å². The second-order valence-electron chi connectivity index (χ2n) is 6.51. The number of nitrogens with zero attached hydrogens (tertiary/aromatic N) is 1. The average Bonchev–Trinajstić information content (AvgIpc) is 3.00. The van der Waals surface area contributed by atoms with Gasteiger partial charge >= 0.3 is 0 Å². The third-order valence-corrected chi connectivity index (χ3v) is 7.59. The fraction of sp³-hybridized carbons (Fsp3) is 0.389. The van der Waals surface area contributed by atoms with E-state index in [0.717, 1.165) is 32.4 Å². The number of likely N-dealkylation sites (tertiary alicyclic amines) is 1. The van der Waals surface area contributed by atoms with Gasteiger partial charge in [0.25, 0.3) is 10.0 Å². The van der Waals surface area contributed by atoms with Gasteiger partial charge in [-0.2, -0.15) is 0 Å². The highest BCUT2D eigenvalue weighted by Crippen LogP contribution is 2.32. The molecule has 0 atom stereocenters. The van der Waals surface area contributed by atoms with Gasteiger partial charge in [-0.3, -0.25) is 9.52 Å². The highest BCUT2D eigenvalue weighted by atomic mass is 35.5. The van der Waals surface area contributed by atoms with E-state index in [0.29, 0.717) is 21.2 Å². The van der Waals surface area contributed by atoms with Crippen molar-refractivity contribution in [2.75, 3.05) is 17.8 Å². The van der Waals surface area contributed by atoms with Crippen molar-refractivity contribution in [2.45, 2.75) is 37.5 Å². The van der Waals surface area contributed by atoms with E-state index in [4.69, 9.17) is 23.2 Å². The van der Waals surface area contributed by atoms with E-state index >= 15 is 0 Å². The zero-order valence-electron chi connectivity index (χ0n) is 14.8. The van der Waals surface area contributed by atoms with E-state index in [1.54, 1.807) is 24.4 Å². The molecular formula is C18H20Cl2N2O3S2. The van der Waals surface area contributed by atoms with E-state index in [9.17, 15) is 13.2 Å². The first-order valence-corrected chi connectivity index (χ1v) is 11.7. The number of nitrogens with one attached hydrogen (secondary N) is 1. The number of aryl methyl sites for hydroxylation is 1. The standard InChI is InChI=1S/C18H20Cl2N2O3S2/c1-12-9-13(19)10-14(20)18(12)27(24,25)21-15-5-8-26-16(15)11-17(23)22-6-3-2-4-7-22/h5,8-10,21H,2-4,6-7,11H2,1H3. The average molecular weight is 447 g/mol. The zero-order valence-corrected chi connectivity index (χ0v) is 17.9. The van der Waals surface area contributed by atoms with E-state index in [-0.39, 0.29) is 22.2 Å². The lowest BCUT2D eigenvalue weighted by molar-refractivity contribution is -0.131. The molecule has 146 valence electrons. The summed E-state index contributed by atoms with van der Waals surface area (Å²) < 4.78 is 28.3. The van der Waals surface area contributed by atoms with Gasteiger partial charge in [-0.1, -0.05) is 23.2 Å². The minimum Gasteiger partial charge on any atom is -0.342 e. The van der Waals surface area contributed by atoms with Crippen LogP contribution in [0.15, 0.2) is 28.5 Å². The van der Waals surface area contributed by atoms with Crippen LogP contribution in [0.3, 0.4) is 0 Å². The Morgan fingerprint density at radius 2 is 1.93 bits per heavy atom. The summed E-state index contributed by atoms with van der Waals surface area (Å²) in [5.74, 6) is 0.0262. The van der Waals surface area contributed by atoms with Gasteiger partial charge in [0.15, 0.2) is 0 Å². The Labute approximate surface area is 173 Å². The maximum absolute atomic E-state index is 12.9. The Hall–Kier alpha value is -1.28. The van der Waals surface area contributed by atoms with Crippen molar-refractivity contribution in [3.05, 3.63) is 44.1 Å². The van der Waals surface area contributed by atoms with Crippen molar-refractivity contribution >= 4 is 56.2 Å². The molecule has 1 amide bonds. The maximum atomic E-state index is 12.9. The molecule has 1 saturated heterocycles. The van der Waals surface area contributed by atoms with E-state index in [2.05, 4.69) is 4.72 Å². The van der Waals surface area contributed by atoms with Crippen LogP contribution < -0.4 is 4.72 Å². The van der Waals surface area contributed by atoms with Crippen molar-refractivity contribution < 1.29 is 13.2 Å². The molecule has 9 heteroatoms. The fourth-order valence-corrected chi connectivity index (χ4v) is 6.35. The molecule has 0 aliphatic carbocycles. The fourth-order valence-electron chi connectivity index (χ4n) is 3.19. The van der Waals surface area contributed by atoms with Crippen LogP contribution in [0.25, 0.3) is 0 Å². The number of rotatable bonds is 5. The number of hydrogen-bond acceptors (Lipinski definition) is 4. The summed E-state index contributed by atoms with van der Waals surface area (Å²) in [5.41, 5.74) is 0.872. The monoisotopic (exact) mass is 446 g/mol. The van der Waals surface area contributed by atoms with E-state index in [1.807, 2.05) is 4.90 Å². The molecule has 1 N–H and O–H groups in total. The van der Waals surface area contributed by atoms with Crippen LogP contribution in [0, 0.1) is 6.92 Å². The third-order valence-electron chi connectivity index (χ3n) is 4.47. The molecule has 1 aliphatic heterocycles. The van der Waals surface area contributed by atoms with Gasteiger partial charge in [-0.15, -0.1) is 11.3 Å². The molecule has 0 saturated carbocycles. The van der Waals surface area contributed by atoms with Gasteiger partial charge in [-0.25, -0.2) is 8.42 Å². The van der Waals surface area contributed by atoms with E-state index < -0.39 is 10.0 Å². The van der Waals surface area contributed by atoms with Crippen LogP contribution in [0.5, 0.6) is 0 Å². The third kappa shape index (κ3) is 4.77. The number of thiophene rings is 1. The zero-order chi connectivity index (χ0) is 19.6. The number of benzene rings is 1. The summed E-state index contributed by atoms with van der Waals surface area (Å²) in [6.45, 7) is 3.18. The predicted octanol–water partition coefficient (Wildman–Crippen LogP) is 4.72. The Balaban J connectivity index is 1.81. The minimum absolute atomic E-state index is 0.00641. The number of halogens is 2. The molecule has 1 aromatic carbocycles. The molecule has 1 aliphatic rings. The Kier molecular flexibility index (Phi) is 6.35. The van der Waals surface area contributed by atoms with E-state index in [1.165, 1.54) is 17.4 Å². The van der Waals surface area contributed by atoms with Crippen molar-refractivity contribution in [1.29, 1.82) is 0 Å². The number of amides is 1. The molecule has 0 radical (unpaired) electrons. The number of hydrogen-bond donors (Lipinski definition) is 1. The number of anilines is 1. The molecule has 1 aromatic heterocycles. The highest BCUT2D eigenvalue weighted by molar-refractivity contribution is 7.93. The predicted molar refractivity (Wildman–Crippen MR) is 110 cm³/mol. The molecule has 27 heavy (non-hydrogen) atoms. The lowest BCUT2D eigenvalue weighted by Crippen LogP contribution is -2.36. The summed E-state index contributed by atoms with van der Waals surface area (Å²) in [6.07, 6.45) is 3.37. The SMILES string of the molecule is Cc1cc(Cl)cc(Cl)c1S(=O)(=O)Nc1ccsc1CC(=O)N1CCCCC1. The Morgan fingerprint density at radius 3 is 2.59 bits per heavy atom. The van der Waals surface area contributed by atoms with Gasteiger partial charge in [0.1, 0.15) is 4.90 Å². The molecule has 0 unspecified atom stereocenters. The largest absolute Gasteiger partial charge is 0.342 e. The van der Waals surface area contributed by atoms with Crippen LogP contribution >= 0.6 is 34.5 Å². The quantitative estimate of drug-likeness (QED) is 0.722. The second kappa shape index (κ2) is 8.39. The Morgan fingerprint density at radius 1 is 1.22 bits per heavy atom. The highest BCUT2D eigenvalue weighted by Gasteiger charge is 2.24. The summed E-state index contributed by atoms with van der Waals surface area (Å²) in [7, 11) is -3.90. The van der Waals surface area contributed by atoms with Crippen molar-refractivity contribution in [1.82, 2.24) is 4.90 Å². The molecular weight excluding hydrogens is 427 g/mol. The molecule has 2 heterocycles. The van der Waals surface area contributed by atoms with Crippen LogP contribution in [0.4, 0.5) is 5.69 Å². The number of sulfonamides is 1. The molecule has 3 rings (SSSR count). The van der Waals surface area contributed by atoms with Crippen LogP contribution in [-0.2, 0) is 21.2 Å². The van der Waals surface area contributed by atoms with Gasteiger partial charge in [0.2, 0.25) is 5.91 Å². The topological polar surface area (TPSA) is 66.5 Å². The van der Waals surface area contributed by atoms with Crippen LogP contribution in [0.1, 0.15) is 29.7 Å². The lowest BCUT2D eigenvalue weighted by atomic mass is 10.1. The normalized spacial score (nSPS) is 15.0. The minimum atomic E-state index is -3.90. The summed E-state index contributed by atoms with van der Waals surface area (Å²) in [4.78, 5) is 15.1. The van der Waals surface area contributed by atoms with Crippen LogP contribution in [-0.4, -0.2) is 32.3 Å². The van der Waals surface area contributed by atoms with Crippen molar-refractivity contribution in [3.8, 4) is 0 Å². The first-order valence-electron chi connectivity index (χ1n) is 8.60. The second-order valence-corrected chi connectivity index (χ2v) is 9.98. The maximum Gasteiger partial charge on any atom is 0.263 e. The van der Waals surface area contributed by atoms with Gasteiger partial charge in [0, 0.05) is 23.0 Å². The number of carbonyl (C=O) groups excluding carboxylic acids is 1. The summed E-state index contributed by atoms with van der Waals surface area (Å²) >= 11 is 13.4. The Bertz CT molecular complexity index is 928. The number of carbonyl (C=O) groups is 1. The van der Waals surface area contributed by atoms with Crippen LogP contribution in [0.2, 0.25) is 10.0 Å². The molecule has 5 nitrogen and oxygen atoms in total. The summed E-state index contributed by atoms with van der Waals surface area (Å²) in [6, 6.07) is 4.62. The lowest BCUT2D eigenvalue weighted by Gasteiger charge is -2.26. The first kappa shape index (κ1) is 20.5. The summed E-state index contributed by atoms with van der Waals surface area (Å²) in [5, 5.41) is 2.21. The smallest absolute Gasteiger partial charge is 0.263 e. The van der Waals surface area contributed by atoms with Gasteiger partial charge in [0.05, 0.1) is 17.1 Å². The molecule has 2 aromatic rings. The van der Waals surface area contributed by atoms with Crippen molar-refractivity contribution in [3.63, 3.8) is 0 Å². The first-order chi connectivity index (χ1) is 12.8. The molecule has 0 bridgehead atoms. The van der Waals surface area contributed by atoms with Gasteiger partial charge in [-0.05, 0) is 55.3 Å². The molecule has 1 fully saturated rings. The molecule has 0 spiro atoms. The van der Waals surface area contributed by atoms with Gasteiger partial charge < -0.3 is 4.90 Å². The number of piperidine rings is 1.